The molecule has 0 bridgehead atoms. The Kier molecular flexibility index (Phi) is 4.62. The van der Waals surface area contributed by atoms with Crippen molar-refractivity contribution in [2.45, 2.75) is 25.4 Å². The number of rotatable bonds is 3. The molecule has 5 N–H and O–H groups in total. The van der Waals surface area contributed by atoms with Crippen molar-refractivity contribution in [3.05, 3.63) is 71.4 Å². The van der Waals surface area contributed by atoms with E-state index in [1.165, 1.54) is 0 Å². The number of aromatic nitrogens is 1. The number of amides is 2. The fourth-order valence-corrected chi connectivity index (χ4v) is 3.27. The summed E-state index contributed by atoms with van der Waals surface area (Å²) in [5.74, 6) is -0.677. The van der Waals surface area contributed by atoms with E-state index in [0.717, 1.165) is 22.0 Å². The van der Waals surface area contributed by atoms with Gasteiger partial charge in [0, 0.05) is 16.9 Å². The molecule has 2 aromatic carbocycles. The molecule has 2 amide bonds. The SMILES string of the molecule is Cc1ccc2cc(C(=O)NNC(=O)C3CC(c4ccccc4)NN3)[nH]c2c1. The molecule has 0 spiro atoms. The Morgan fingerprint density at radius 3 is 2.63 bits per heavy atom. The average molecular weight is 363 g/mol. The number of aromatic amines is 1. The van der Waals surface area contributed by atoms with Gasteiger partial charge >= 0.3 is 0 Å². The largest absolute Gasteiger partial charge is 0.350 e. The first-order valence-electron chi connectivity index (χ1n) is 8.86. The first kappa shape index (κ1) is 17.3. The molecule has 1 aliphatic heterocycles. The number of hydrazine groups is 2. The summed E-state index contributed by atoms with van der Waals surface area (Å²) in [5, 5.41) is 0.949. The number of fused-ring (bicyclic) bond motifs is 1. The number of nitrogens with one attached hydrogen (secondary N) is 5. The number of benzene rings is 2. The van der Waals surface area contributed by atoms with Crippen LogP contribution in [0.15, 0.2) is 54.6 Å². The van der Waals surface area contributed by atoms with Crippen molar-refractivity contribution in [3.63, 3.8) is 0 Å². The third-order valence-electron chi connectivity index (χ3n) is 4.74. The number of carbonyl (C=O) groups is 2. The second-order valence-electron chi connectivity index (χ2n) is 6.76. The van der Waals surface area contributed by atoms with Gasteiger partial charge < -0.3 is 4.98 Å². The number of aryl methyl sites for hydroxylation is 1. The molecule has 1 aliphatic rings. The summed E-state index contributed by atoms with van der Waals surface area (Å²) in [5.41, 5.74) is 14.6. The van der Waals surface area contributed by atoms with Crippen molar-refractivity contribution in [2.75, 3.05) is 0 Å². The minimum atomic E-state index is -0.430. The molecular weight excluding hydrogens is 342 g/mol. The van der Waals surface area contributed by atoms with Crippen molar-refractivity contribution in [1.29, 1.82) is 0 Å². The Morgan fingerprint density at radius 1 is 1.00 bits per heavy atom. The van der Waals surface area contributed by atoms with Crippen LogP contribution < -0.4 is 21.7 Å². The van der Waals surface area contributed by atoms with Gasteiger partial charge in [-0.25, -0.2) is 10.9 Å². The maximum Gasteiger partial charge on any atom is 0.286 e. The number of carbonyl (C=O) groups excluding carboxylic acids is 2. The molecular formula is C20H21N5O2. The monoisotopic (exact) mass is 363 g/mol. The maximum absolute atomic E-state index is 12.3. The van der Waals surface area contributed by atoms with Gasteiger partial charge in [-0.15, -0.1) is 0 Å². The zero-order valence-electron chi connectivity index (χ0n) is 14.9. The van der Waals surface area contributed by atoms with Crippen LogP contribution in [0, 0.1) is 6.92 Å². The normalized spacial score (nSPS) is 19.1. The van der Waals surface area contributed by atoms with Crippen molar-refractivity contribution in [3.8, 4) is 0 Å². The van der Waals surface area contributed by atoms with Gasteiger partial charge in [0.15, 0.2) is 0 Å². The highest BCUT2D eigenvalue weighted by Crippen LogP contribution is 2.21. The highest BCUT2D eigenvalue weighted by Gasteiger charge is 2.30. The Morgan fingerprint density at radius 2 is 1.81 bits per heavy atom. The van der Waals surface area contributed by atoms with E-state index in [1.54, 1.807) is 6.07 Å². The third kappa shape index (κ3) is 3.69. The Balaban J connectivity index is 1.34. The van der Waals surface area contributed by atoms with Gasteiger partial charge in [-0.3, -0.25) is 20.4 Å². The molecule has 1 fully saturated rings. The predicted molar refractivity (Wildman–Crippen MR) is 103 cm³/mol. The van der Waals surface area contributed by atoms with Gasteiger partial charge in [-0.05, 0) is 36.6 Å². The zero-order valence-corrected chi connectivity index (χ0v) is 14.9. The van der Waals surface area contributed by atoms with E-state index < -0.39 is 6.04 Å². The van der Waals surface area contributed by atoms with Crippen molar-refractivity contribution in [2.24, 2.45) is 0 Å². The summed E-state index contributed by atoms with van der Waals surface area (Å²) < 4.78 is 0. The molecule has 1 aromatic heterocycles. The van der Waals surface area contributed by atoms with Crippen molar-refractivity contribution >= 4 is 22.7 Å². The number of hydrogen-bond donors (Lipinski definition) is 5. The van der Waals surface area contributed by atoms with E-state index in [4.69, 9.17) is 0 Å². The summed E-state index contributed by atoms with van der Waals surface area (Å²) in [6.45, 7) is 1.99. The molecule has 3 aromatic rings. The third-order valence-corrected chi connectivity index (χ3v) is 4.74. The zero-order chi connectivity index (χ0) is 18.8. The highest BCUT2D eigenvalue weighted by molar-refractivity contribution is 5.99. The highest BCUT2D eigenvalue weighted by atomic mass is 16.2. The van der Waals surface area contributed by atoms with Crippen molar-refractivity contribution < 1.29 is 9.59 Å². The van der Waals surface area contributed by atoms with Crippen LogP contribution in [0.1, 0.15) is 34.1 Å². The van der Waals surface area contributed by atoms with E-state index in [-0.39, 0.29) is 17.9 Å². The van der Waals surface area contributed by atoms with Gasteiger partial charge in [0.05, 0.1) is 0 Å². The van der Waals surface area contributed by atoms with Crippen LogP contribution in [-0.4, -0.2) is 22.8 Å². The Labute approximate surface area is 156 Å². The van der Waals surface area contributed by atoms with Crippen LogP contribution in [0.3, 0.4) is 0 Å². The van der Waals surface area contributed by atoms with Gasteiger partial charge in [0.1, 0.15) is 11.7 Å². The molecule has 1 saturated heterocycles. The van der Waals surface area contributed by atoms with Crippen LogP contribution in [0.2, 0.25) is 0 Å². The fourth-order valence-electron chi connectivity index (χ4n) is 3.27. The van der Waals surface area contributed by atoms with Crippen LogP contribution in [0.25, 0.3) is 10.9 Å². The van der Waals surface area contributed by atoms with Crippen LogP contribution >= 0.6 is 0 Å². The van der Waals surface area contributed by atoms with Crippen molar-refractivity contribution in [1.82, 2.24) is 26.7 Å². The van der Waals surface area contributed by atoms with Gasteiger partial charge in [0.2, 0.25) is 0 Å². The minimum absolute atomic E-state index is 0.0506. The van der Waals surface area contributed by atoms with E-state index in [2.05, 4.69) is 26.7 Å². The molecule has 138 valence electrons. The Hall–Kier alpha value is -3.16. The van der Waals surface area contributed by atoms with Gasteiger partial charge in [-0.1, -0.05) is 42.5 Å². The lowest BCUT2D eigenvalue weighted by atomic mass is 10.0. The summed E-state index contributed by atoms with van der Waals surface area (Å²) in [7, 11) is 0. The van der Waals surface area contributed by atoms with Gasteiger partial charge in [-0.2, -0.15) is 0 Å². The molecule has 0 saturated carbocycles. The Bertz CT molecular complexity index is 982. The van der Waals surface area contributed by atoms with E-state index in [0.29, 0.717) is 12.1 Å². The summed E-state index contributed by atoms with van der Waals surface area (Å²) in [4.78, 5) is 27.7. The average Bonchev–Trinajstić information content (AvgIpc) is 3.33. The van der Waals surface area contributed by atoms with Gasteiger partial charge in [0.25, 0.3) is 11.8 Å². The quantitative estimate of drug-likeness (QED) is 0.459. The number of H-pyrrole nitrogens is 1. The molecule has 7 heteroatoms. The van der Waals surface area contributed by atoms with E-state index in [1.807, 2.05) is 55.5 Å². The second-order valence-corrected chi connectivity index (χ2v) is 6.76. The molecule has 7 nitrogen and oxygen atoms in total. The second kappa shape index (κ2) is 7.22. The standard InChI is InChI=1S/C20H21N5O2/c1-12-7-8-14-10-17(21-15(14)9-12)19(26)24-25-20(27)18-11-16(22-23-18)13-5-3-2-4-6-13/h2-10,16,18,21-23H,11H2,1H3,(H,24,26)(H,25,27). The molecule has 0 aliphatic carbocycles. The maximum atomic E-state index is 12.3. The summed E-state index contributed by atoms with van der Waals surface area (Å²) >= 11 is 0. The lowest BCUT2D eigenvalue weighted by Gasteiger charge is -2.11. The summed E-state index contributed by atoms with van der Waals surface area (Å²) in [6.07, 6.45) is 0.595. The van der Waals surface area contributed by atoms with Crippen LogP contribution in [0.4, 0.5) is 0 Å². The topological polar surface area (TPSA) is 98.1 Å². The minimum Gasteiger partial charge on any atom is -0.350 e. The molecule has 2 heterocycles. The molecule has 0 radical (unpaired) electrons. The molecule has 2 unspecified atom stereocenters. The first-order chi connectivity index (χ1) is 13.1. The molecule has 27 heavy (non-hydrogen) atoms. The van der Waals surface area contributed by atoms with Crippen LogP contribution in [0.5, 0.6) is 0 Å². The van der Waals surface area contributed by atoms with E-state index >= 15 is 0 Å². The predicted octanol–water partition coefficient (Wildman–Crippen LogP) is 1.85. The lowest BCUT2D eigenvalue weighted by Crippen LogP contribution is -2.50. The lowest BCUT2D eigenvalue weighted by molar-refractivity contribution is -0.123. The fraction of sp³-hybridized carbons (Fsp3) is 0.200. The van der Waals surface area contributed by atoms with Crippen LogP contribution in [-0.2, 0) is 4.79 Å². The molecule has 2 atom stereocenters. The molecule has 4 rings (SSSR count). The smallest absolute Gasteiger partial charge is 0.286 e. The number of hydrogen-bond acceptors (Lipinski definition) is 4. The van der Waals surface area contributed by atoms with E-state index in [9.17, 15) is 9.59 Å². The summed E-state index contributed by atoms with van der Waals surface area (Å²) in [6, 6.07) is 17.2. The first-order valence-corrected chi connectivity index (χ1v) is 8.86.